The summed E-state index contributed by atoms with van der Waals surface area (Å²) in [4.78, 5) is 11.9. The third kappa shape index (κ3) is 3.44. The minimum Gasteiger partial charge on any atom is -0.353 e. The van der Waals surface area contributed by atoms with Gasteiger partial charge in [0.2, 0.25) is 5.91 Å². The van der Waals surface area contributed by atoms with Crippen LogP contribution in [0.25, 0.3) is 0 Å². The molecule has 17 heavy (non-hydrogen) atoms. The fourth-order valence-electron chi connectivity index (χ4n) is 2.95. The number of rotatable bonds is 3. The lowest BCUT2D eigenvalue weighted by molar-refractivity contribution is -0.124. The topological polar surface area (TPSA) is 55.1 Å². The van der Waals surface area contributed by atoms with Crippen molar-refractivity contribution in [3.63, 3.8) is 0 Å². The van der Waals surface area contributed by atoms with Crippen LogP contribution >= 0.6 is 0 Å². The van der Waals surface area contributed by atoms with Crippen LogP contribution in [0.1, 0.15) is 65.2 Å². The molecular weight excluding hydrogens is 212 g/mol. The summed E-state index contributed by atoms with van der Waals surface area (Å²) < 4.78 is 0. The van der Waals surface area contributed by atoms with E-state index in [0.717, 1.165) is 25.7 Å². The Hall–Kier alpha value is -0.570. The summed E-state index contributed by atoms with van der Waals surface area (Å²) in [6, 6.07) is 0.388. The monoisotopic (exact) mass is 238 g/mol. The molecule has 0 unspecified atom stereocenters. The van der Waals surface area contributed by atoms with Crippen molar-refractivity contribution < 1.29 is 4.79 Å². The summed E-state index contributed by atoms with van der Waals surface area (Å²) >= 11 is 0. The van der Waals surface area contributed by atoms with E-state index in [1.54, 1.807) is 0 Å². The molecule has 1 amide bonds. The molecule has 0 aromatic carbocycles. The minimum atomic E-state index is -0.183. The van der Waals surface area contributed by atoms with Crippen LogP contribution < -0.4 is 11.1 Å². The summed E-state index contributed by atoms with van der Waals surface area (Å²) in [5.41, 5.74) is 6.37. The second-order valence-corrected chi connectivity index (χ2v) is 6.90. The Morgan fingerprint density at radius 2 is 1.82 bits per heavy atom. The van der Waals surface area contributed by atoms with Gasteiger partial charge in [0.05, 0.1) is 0 Å². The van der Waals surface area contributed by atoms with Crippen LogP contribution in [-0.4, -0.2) is 17.5 Å². The minimum absolute atomic E-state index is 0.164. The van der Waals surface area contributed by atoms with Gasteiger partial charge in [0.25, 0.3) is 0 Å². The van der Waals surface area contributed by atoms with Crippen molar-refractivity contribution in [3.05, 3.63) is 0 Å². The molecule has 3 N–H and O–H groups in total. The Morgan fingerprint density at radius 3 is 2.29 bits per heavy atom. The van der Waals surface area contributed by atoms with Gasteiger partial charge in [-0.3, -0.25) is 4.79 Å². The SMILES string of the molecule is CC1(C)CCC(NC(=O)CC2(N)CCC2)CC1. The molecule has 0 aromatic rings. The van der Waals surface area contributed by atoms with Crippen LogP contribution in [0.3, 0.4) is 0 Å². The smallest absolute Gasteiger partial charge is 0.222 e. The molecule has 2 rings (SSSR count). The number of hydrogen-bond acceptors (Lipinski definition) is 2. The second-order valence-electron chi connectivity index (χ2n) is 6.90. The summed E-state index contributed by atoms with van der Waals surface area (Å²) in [5, 5.41) is 3.16. The van der Waals surface area contributed by atoms with E-state index >= 15 is 0 Å². The zero-order valence-corrected chi connectivity index (χ0v) is 11.2. The standard InChI is InChI=1S/C14H26N2O/c1-13(2)8-4-11(5-9-13)16-12(17)10-14(15)6-3-7-14/h11H,3-10,15H2,1-2H3,(H,16,17). The van der Waals surface area contributed by atoms with Crippen LogP contribution in [-0.2, 0) is 4.79 Å². The third-order valence-corrected chi connectivity index (χ3v) is 4.57. The third-order valence-electron chi connectivity index (χ3n) is 4.57. The van der Waals surface area contributed by atoms with Crippen molar-refractivity contribution in [1.29, 1.82) is 0 Å². The summed E-state index contributed by atoms with van der Waals surface area (Å²) in [5.74, 6) is 0.164. The number of carbonyl (C=O) groups is 1. The van der Waals surface area contributed by atoms with Crippen LogP contribution in [0.2, 0.25) is 0 Å². The van der Waals surface area contributed by atoms with E-state index in [1.165, 1.54) is 19.3 Å². The predicted octanol–water partition coefficient (Wildman–Crippen LogP) is 2.34. The first-order chi connectivity index (χ1) is 7.89. The highest BCUT2D eigenvalue weighted by Gasteiger charge is 2.35. The molecule has 3 nitrogen and oxygen atoms in total. The number of carbonyl (C=O) groups excluding carboxylic acids is 1. The molecule has 0 spiro atoms. The van der Waals surface area contributed by atoms with Gasteiger partial charge in [-0.05, 0) is 50.4 Å². The van der Waals surface area contributed by atoms with Crippen LogP contribution in [0, 0.1) is 5.41 Å². The highest BCUT2D eigenvalue weighted by Crippen LogP contribution is 2.35. The number of hydrogen-bond donors (Lipinski definition) is 2. The average molecular weight is 238 g/mol. The number of nitrogens with one attached hydrogen (secondary N) is 1. The summed E-state index contributed by atoms with van der Waals surface area (Å²) in [6.45, 7) is 4.63. The molecule has 0 aromatic heterocycles. The largest absolute Gasteiger partial charge is 0.353 e. The van der Waals surface area contributed by atoms with Crippen molar-refractivity contribution in [1.82, 2.24) is 5.32 Å². The van der Waals surface area contributed by atoms with Crippen LogP contribution in [0.5, 0.6) is 0 Å². The van der Waals surface area contributed by atoms with E-state index < -0.39 is 0 Å². The average Bonchev–Trinajstić information content (AvgIpc) is 2.19. The van der Waals surface area contributed by atoms with Gasteiger partial charge in [0, 0.05) is 18.0 Å². The first-order valence-electron chi connectivity index (χ1n) is 6.97. The molecular formula is C14H26N2O. The Balaban J connectivity index is 1.72. The van der Waals surface area contributed by atoms with Crippen molar-refractivity contribution in [2.75, 3.05) is 0 Å². The summed E-state index contributed by atoms with van der Waals surface area (Å²) in [7, 11) is 0. The maximum atomic E-state index is 11.9. The van der Waals surface area contributed by atoms with E-state index in [0.29, 0.717) is 17.9 Å². The highest BCUT2D eigenvalue weighted by atomic mass is 16.1. The maximum Gasteiger partial charge on any atom is 0.222 e. The molecule has 0 radical (unpaired) electrons. The zero-order chi connectivity index (χ0) is 12.5. The molecule has 0 aliphatic heterocycles. The van der Waals surface area contributed by atoms with Gasteiger partial charge in [-0.15, -0.1) is 0 Å². The molecule has 98 valence electrons. The van der Waals surface area contributed by atoms with Gasteiger partial charge >= 0.3 is 0 Å². The number of nitrogens with two attached hydrogens (primary N) is 1. The van der Waals surface area contributed by atoms with E-state index in [1.807, 2.05) is 0 Å². The Kier molecular flexibility index (Phi) is 3.48. The Labute approximate surface area is 105 Å². The van der Waals surface area contributed by atoms with Gasteiger partial charge < -0.3 is 11.1 Å². The predicted molar refractivity (Wildman–Crippen MR) is 69.6 cm³/mol. The van der Waals surface area contributed by atoms with Crippen molar-refractivity contribution in [2.45, 2.75) is 76.8 Å². The molecule has 2 aliphatic rings. The molecule has 0 saturated heterocycles. The van der Waals surface area contributed by atoms with E-state index in [-0.39, 0.29) is 11.4 Å². The van der Waals surface area contributed by atoms with E-state index in [9.17, 15) is 4.79 Å². The molecule has 0 heterocycles. The molecule has 3 heteroatoms. The fraction of sp³-hybridized carbons (Fsp3) is 0.929. The lowest BCUT2D eigenvalue weighted by Gasteiger charge is -2.39. The van der Waals surface area contributed by atoms with Gasteiger partial charge in [0.1, 0.15) is 0 Å². The molecule has 0 bridgehead atoms. The van der Waals surface area contributed by atoms with Gasteiger partial charge in [0.15, 0.2) is 0 Å². The van der Waals surface area contributed by atoms with Crippen molar-refractivity contribution in [2.24, 2.45) is 11.1 Å². The Morgan fingerprint density at radius 1 is 1.24 bits per heavy atom. The molecule has 2 saturated carbocycles. The van der Waals surface area contributed by atoms with Gasteiger partial charge in [-0.25, -0.2) is 0 Å². The molecule has 0 atom stereocenters. The highest BCUT2D eigenvalue weighted by molar-refractivity contribution is 5.77. The van der Waals surface area contributed by atoms with Crippen LogP contribution in [0.15, 0.2) is 0 Å². The van der Waals surface area contributed by atoms with Crippen LogP contribution in [0.4, 0.5) is 0 Å². The van der Waals surface area contributed by atoms with Crippen molar-refractivity contribution in [3.8, 4) is 0 Å². The van der Waals surface area contributed by atoms with E-state index in [4.69, 9.17) is 5.73 Å². The van der Waals surface area contributed by atoms with Gasteiger partial charge in [-0.1, -0.05) is 13.8 Å². The maximum absolute atomic E-state index is 11.9. The number of amides is 1. The first-order valence-corrected chi connectivity index (χ1v) is 6.97. The van der Waals surface area contributed by atoms with Gasteiger partial charge in [-0.2, -0.15) is 0 Å². The molecule has 2 fully saturated rings. The zero-order valence-electron chi connectivity index (χ0n) is 11.2. The Bertz CT molecular complexity index is 285. The molecule has 2 aliphatic carbocycles. The normalized spacial score (nSPS) is 27.2. The lowest BCUT2D eigenvalue weighted by atomic mass is 9.74. The first kappa shape index (κ1) is 12.9. The summed E-state index contributed by atoms with van der Waals surface area (Å²) in [6.07, 6.45) is 8.40. The quantitative estimate of drug-likeness (QED) is 0.793. The van der Waals surface area contributed by atoms with Crippen molar-refractivity contribution >= 4 is 5.91 Å². The fourth-order valence-corrected chi connectivity index (χ4v) is 2.95. The van der Waals surface area contributed by atoms with E-state index in [2.05, 4.69) is 19.2 Å². The second kappa shape index (κ2) is 4.60. The lowest BCUT2D eigenvalue weighted by Crippen LogP contribution is -2.51.